The predicted octanol–water partition coefficient (Wildman–Crippen LogP) is 3.00. The van der Waals surface area contributed by atoms with Crippen LogP contribution in [-0.2, 0) is 28.5 Å². The Balaban J connectivity index is 2.49. The zero-order valence-electron chi connectivity index (χ0n) is 15.9. The summed E-state index contributed by atoms with van der Waals surface area (Å²) in [7, 11) is 3.19. The number of ether oxygens (including phenoxy) is 4. The summed E-state index contributed by atoms with van der Waals surface area (Å²) >= 11 is 0. The van der Waals surface area contributed by atoms with Crippen molar-refractivity contribution in [3.8, 4) is 0 Å². The molecule has 144 valence electrons. The molecule has 0 aromatic rings. The lowest BCUT2D eigenvalue weighted by molar-refractivity contribution is -0.178. The van der Waals surface area contributed by atoms with Crippen LogP contribution >= 0.6 is 0 Å². The van der Waals surface area contributed by atoms with E-state index >= 15 is 0 Å². The van der Waals surface area contributed by atoms with Gasteiger partial charge in [0.25, 0.3) is 0 Å². The fraction of sp³-hybridized carbons (Fsp3) is 0.600. The number of hydrogen-bond donors (Lipinski definition) is 0. The van der Waals surface area contributed by atoms with Gasteiger partial charge in [-0.25, -0.2) is 0 Å². The lowest BCUT2D eigenvalue weighted by Crippen LogP contribution is -2.51. The SMILES string of the molecule is C=CC1CC(C(=O)OCC)(C(=O)OCC)CC2C=C(OC)C=C(OC)C12. The lowest BCUT2D eigenvalue weighted by atomic mass is 9.58. The molecule has 3 unspecified atom stereocenters. The molecule has 0 aromatic carbocycles. The molecule has 0 spiro atoms. The third-order valence-corrected chi connectivity index (χ3v) is 5.19. The minimum Gasteiger partial charge on any atom is -0.501 e. The average Bonchev–Trinajstić information content (AvgIpc) is 2.66. The first-order valence-electron chi connectivity index (χ1n) is 8.95. The molecule has 2 aliphatic carbocycles. The molecule has 0 bridgehead atoms. The van der Waals surface area contributed by atoms with Crippen molar-refractivity contribution < 1.29 is 28.5 Å². The van der Waals surface area contributed by atoms with Gasteiger partial charge in [0.2, 0.25) is 0 Å². The summed E-state index contributed by atoms with van der Waals surface area (Å²) < 4.78 is 21.5. The predicted molar refractivity (Wildman–Crippen MR) is 95.8 cm³/mol. The smallest absolute Gasteiger partial charge is 0.323 e. The van der Waals surface area contributed by atoms with E-state index in [-0.39, 0.29) is 43.8 Å². The molecule has 0 radical (unpaired) electrons. The van der Waals surface area contributed by atoms with Crippen molar-refractivity contribution in [1.82, 2.24) is 0 Å². The first kappa shape index (κ1) is 20.1. The average molecular weight is 364 g/mol. The van der Waals surface area contributed by atoms with Gasteiger partial charge in [-0.15, -0.1) is 6.58 Å². The molecule has 6 nitrogen and oxygen atoms in total. The van der Waals surface area contributed by atoms with Gasteiger partial charge in [0.1, 0.15) is 11.5 Å². The zero-order chi connectivity index (χ0) is 19.3. The summed E-state index contributed by atoms with van der Waals surface area (Å²) in [6.45, 7) is 7.78. The van der Waals surface area contributed by atoms with E-state index in [4.69, 9.17) is 18.9 Å². The van der Waals surface area contributed by atoms with E-state index in [1.165, 1.54) is 0 Å². The molecule has 0 N–H and O–H groups in total. The minimum atomic E-state index is -1.35. The monoisotopic (exact) mass is 364 g/mol. The number of fused-ring (bicyclic) bond motifs is 1. The van der Waals surface area contributed by atoms with Crippen molar-refractivity contribution in [3.63, 3.8) is 0 Å². The van der Waals surface area contributed by atoms with Crippen LogP contribution in [0.1, 0.15) is 26.7 Å². The maximum Gasteiger partial charge on any atom is 0.323 e. The highest BCUT2D eigenvalue weighted by molar-refractivity contribution is 6.00. The molecular weight excluding hydrogens is 336 g/mol. The van der Waals surface area contributed by atoms with E-state index in [0.717, 1.165) is 5.76 Å². The molecule has 0 amide bonds. The fourth-order valence-electron chi connectivity index (χ4n) is 4.05. The second-order valence-corrected chi connectivity index (χ2v) is 6.54. The number of carbonyl (C=O) groups is 2. The van der Waals surface area contributed by atoms with Gasteiger partial charge in [0, 0.05) is 12.0 Å². The molecule has 2 rings (SSSR count). The van der Waals surface area contributed by atoms with E-state index in [1.807, 2.05) is 12.2 Å². The van der Waals surface area contributed by atoms with E-state index in [0.29, 0.717) is 5.76 Å². The number of allylic oxidation sites excluding steroid dienone is 4. The van der Waals surface area contributed by atoms with Crippen LogP contribution in [0.15, 0.2) is 36.3 Å². The topological polar surface area (TPSA) is 71.1 Å². The van der Waals surface area contributed by atoms with Gasteiger partial charge in [-0.05, 0) is 44.6 Å². The van der Waals surface area contributed by atoms with Gasteiger partial charge in [-0.2, -0.15) is 0 Å². The van der Waals surface area contributed by atoms with Crippen molar-refractivity contribution >= 4 is 11.9 Å². The molecule has 1 fully saturated rings. The van der Waals surface area contributed by atoms with Crippen LogP contribution in [0.3, 0.4) is 0 Å². The number of hydrogen-bond acceptors (Lipinski definition) is 6. The van der Waals surface area contributed by atoms with Gasteiger partial charge >= 0.3 is 11.9 Å². The summed E-state index contributed by atoms with van der Waals surface area (Å²) in [6, 6.07) is 0. The number of esters is 2. The van der Waals surface area contributed by atoms with Crippen LogP contribution in [0.2, 0.25) is 0 Å². The maximum absolute atomic E-state index is 12.8. The van der Waals surface area contributed by atoms with Gasteiger partial charge in [-0.1, -0.05) is 6.08 Å². The van der Waals surface area contributed by atoms with Gasteiger partial charge < -0.3 is 18.9 Å². The molecule has 3 atom stereocenters. The Bertz CT molecular complexity index is 600. The largest absolute Gasteiger partial charge is 0.501 e. The summed E-state index contributed by atoms with van der Waals surface area (Å²) in [5, 5.41) is 0. The maximum atomic E-state index is 12.8. The van der Waals surface area contributed by atoms with Gasteiger partial charge in [0.15, 0.2) is 5.41 Å². The van der Waals surface area contributed by atoms with Gasteiger partial charge in [0.05, 0.1) is 27.4 Å². The van der Waals surface area contributed by atoms with Crippen molar-refractivity contribution in [3.05, 3.63) is 36.3 Å². The van der Waals surface area contributed by atoms with Crippen molar-refractivity contribution in [2.45, 2.75) is 26.7 Å². The highest BCUT2D eigenvalue weighted by Gasteiger charge is 2.57. The number of methoxy groups -OCH3 is 2. The number of carbonyl (C=O) groups excluding carboxylic acids is 2. The molecule has 1 saturated carbocycles. The van der Waals surface area contributed by atoms with E-state index in [2.05, 4.69) is 6.58 Å². The van der Waals surface area contributed by atoms with Crippen LogP contribution in [-0.4, -0.2) is 39.4 Å². The summed E-state index contributed by atoms with van der Waals surface area (Å²) in [5.74, 6) is 0.0662. The summed E-state index contributed by atoms with van der Waals surface area (Å²) in [5.41, 5.74) is -1.35. The van der Waals surface area contributed by atoms with Gasteiger partial charge in [-0.3, -0.25) is 9.59 Å². The Labute approximate surface area is 154 Å². The number of rotatable bonds is 7. The highest BCUT2D eigenvalue weighted by atomic mass is 16.6. The van der Waals surface area contributed by atoms with Crippen LogP contribution in [0.5, 0.6) is 0 Å². The minimum absolute atomic E-state index is 0.00613. The summed E-state index contributed by atoms with van der Waals surface area (Å²) in [6.07, 6.45) is 6.14. The third-order valence-electron chi connectivity index (χ3n) is 5.19. The quantitative estimate of drug-likeness (QED) is 0.393. The molecule has 0 saturated heterocycles. The summed E-state index contributed by atoms with van der Waals surface area (Å²) in [4.78, 5) is 25.6. The lowest BCUT2D eigenvalue weighted by Gasteiger charge is -2.45. The molecule has 2 aliphatic rings. The van der Waals surface area contributed by atoms with Crippen molar-refractivity contribution in [2.24, 2.45) is 23.2 Å². The van der Waals surface area contributed by atoms with E-state index in [9.17, 15) is 9.59 Å². The van der Waals surface area contributed by atoms with E-state index < -0.39 is 17.4 Å². The fourth-order valence-corrected chi connectivity index (χ4v) is 4.05. The molecule has 0 heterocycles. The first-order chi connectivity index (χ1) is 12.5. The second kappa shape index (κ2) is 8.43. The molecule has 0 aliphatic heterocycles. The van der Waals surface area contributed by atoms with Crippen molar-refractivity contribution in [1.29, 1.82) is 0 Å². The molecular formula is C20H28O6. The van der Waals surface area contributed by atoms with Crippen LogP contribution in [0, 0.1) is 23.2 Å². The normalized spacial score (nSPS) is 26.5. The Morgan fingerprint density at radius 2 is 1.77 bits per heavy atom. The highest BCUT2D eigenvalue weighted by Crippen LogP contribution is 2.52. The second-order valence-electron chi connectivity index (χ2n) is 6.54. The third kappa shape index (κ3) is 3.50. The Morgan fingerprint density at radius 3 is 2.23 bits per heavy atom. The molecule has 0 aromatic heterocycles. The van der Waals surface area contributed by atoms with Crippen molar-refractivity contribution in [2.75, 3.05) is 27.4 Å². The van der Waals surface area contributed by atoms with E-state index in [1.54, 1.807) is 34.1 Å². The van der Waals surface area contributed by atoms with Crippen LogP contribution in [0.25, 0.3) is 0 Å². The Morgan fingerprint density at radius 1 is 1.15 bits per heavy atom. The molecule has 26 heavy (non-hydrogen) atoms. The Kier molecular flexibility index (Phi) is 6.51. The van der Waals surface area contributed by atoms with Crippen LogP contribution < -0.4 is 0 Å². The first-order valence-corrected chi connectivity index (χ1v) is 8.95. The standard InChI is InChI=1S/C20H28O6/c1-6-13-11-20(18(21)25-7-2,19(22)26-8-3)12-14-9-15(23-4)10-16(24-5)17(13)14/h6,9-10,13-14,17H,1,7-8,11-12H2,2-5H3. The zero-order valence-corrected chi connectivity index (χ0v) is 15.9. The molecule has 6 heteroatoms. The van der Waals surface area contributed by atoms with Crippen LogP contribution in [0.4, 0.5) is 0 Å². The Hall–Kier alpha value is -2.24.